The summed E-state index contributed by atoms with van der Waals surface area (Å²) >= 11 is 0. The van der Waals surface area contributed by atoms with E-state index in [-0.39, 0.29) is 5.76 Å². The van der Waals surface area contributed by atoms with Crippen molar-refractivity contribution in [3.8, 4) is 17.3 Å². The first-order chi connectivity index (χ1) is 7.33. The summed E-state index contributed by atoms with van der Waals surface area (Å²) < 4.78 is 4.81. The van der Waals surface area contributed by atoms with Crippen LogP contribution < -0.4 is 0 Å². The molecular formula is C12H10N2O. The molecule has 0 fully saturated rings. The molecule has 3 heteroatoms. The lowest BCUT2D eigenvalue weighted by molar-refractivity contribution is 0.412. The third kappa shape index (κ3) is 1.89. The normalized spacial score (nSPS) is 9.87. The van der Waals surface area contributed by atoms with Gasteiger partial charge in [0.05, 0.1) is 0 Å². The van der Waals surface area contributed by atoms with Gasteiger partial charge in [0.25, 0.3) is 0 Å². The molecular weight excluding hydrogens is 188 g/mol. The molecule has 3 nitrogen and oxygen atoms in total. The average Bonchev–Trinajstić information content (AvgIpc) is 2.78. The molecule has 0 saturated heterocycles. The summed E-state index contributed by atoms with van der Waals surface area (Å²) in [5.41, 5.74) is 2.95. The van der Waals surface area contributed by atoms with E-state index < -0.39 is 0 Å². The van der Waals surface area contributed by atoms with Crippen molar-refractivity contribution in [3.05, 3.63) is 41.7 Å². The van der Waals surface area contributed by atoms with Crippen molar-refractivity contribution in [2.45, 2.75) is 13.3 Å². The van der Waals surface area contributed by atoms with E-state index in [0.29, 0.717) is 5.69 Å². The van der Waals surface area contributed by atoms with Crippen LogP contribution in [0, 0.1) is 11.3 Å². The number of benzene rings is 1. The first kappa shape index (κ1) is 9.47. The molecule has 1 aromatic carbocycles. The molecule has 0 aliphatic rings. The van der Waals surface area contributed by atoms with E-state index in [4.69, 9.17) is 9.78 Å². The number of aryl methyl sites for hydroxylation is 1. The van der Waals surface area contributed by atoms with Gasteiger partial charge in [-0.1, -0.05) is 36.3 Å². The van der Waals surface area contributed by atoms with Gasteiger partial charge in [0.15, 0.2) is 0 Å². The summed E-state index contributed by atoms with van der Waals surface area (Å²) in [7, 11) is 0. The summed E-state index contributed by atoms with van der Waals surface area (Å²) in [6.07, 6.45) is 1.02. The SMILES string of the molecule is CCc1ccc(-c2cc(C#N)on2)cc1. The van der Waals surface area contributed by atoms with E-state index in [1.54, 1.807) is 6.07 Å². The van der Waals surface area contributed by atoms with Crippen molar-refractivity contribution in [2.75, 3.05) is 0 Å². The molecule has 0 saturated carbocycles. The van der Waals surface area contributed by atoms with Gasteiger partial charge in [0.2, 0.25) is 5.76 Å². The second-order valence-corrected chi connectivity index (χ2v) is 3.24. The Morgan fingerprint density at radius 2 is 2.07 bits per heavy atom. The molecule has 1 aromatic heterocycles. The summed E-state index contributed by atoms with van der Waals surface area (Å²) in [6, 6.07) is 11.6. The maximum atomic E-state index is 8.60. The first-order valence-electron chi connectivity index (χ1n) is 4.79. The zero-order valence-electron chi connectivity index (χ0n) is 8.40. The second-order valence-electron chi connectivity index (χ2n) is 3.24. The van der Waals surface area contributed by atoms with Crippen LogP contribution in [0.5, 0.6) is 0 Å². The maximum Gasteiger partial charge on any atom is 0.236 e. The quantitative estimate of drug-likeness (QED) is 0.745. The van der Waals surface area contributed by atoms with Crippen LogP contribution in [0.1, 0.15) is 18.2 Å². The minimum Gasteiger partial charge on any atom is -0.345 e. The Kier molecular flexibility index (Phi) is 2.51. The molecule has 0 spiro atoms. The number of hydrogen-bond acceptors (Lipinski definition) is 3. The van der Waals surface area contributed by atoms with E-state index in [0.717, 1.165) is 12.0 Å². The van der Waals surface area contributed by atoms with E-state index in [1.807, 2.05) is 18.2 Å². The molecule has 0 aliphatic heterocycles. The maximum absolute atomic E-state index is 8.60. The molecule has 74 valence electrons. The molecule has 0 amide bonds. The van der Waals surface area contributed by atoms with E-state index in [9.17, 15) is 0 Å². The predicted molar refractivity (Wildman–Crippen MR) is 56.0 cm³/mol. The van der Waals surface area contributed by atoms with Crippen molar-refractivity contribution in [2.24, 2.45) is 0 Å². The molecule has 0 atom stereocenters. The van der Waals surface area contributed by atoms with Gasteiger partial charge in [-0.25, -0.2) is 0 Å². The molecule has 2 aromatic rings. The minimum atomic E-state index is 0.240. The Balaban J connectivity index is 2.33. The van der Waals surface area contributed by atoms with Crippen LogP contribution >= 0.6 is 0 Å². The van der Waals surface area contributed by atoms with Gasteiger partial charge in [-0.05, 0) is 12.0 Å². The van der Waals surface area contributed by atoms with Crippen LogP contribution in [0.3, 0.4) is 0 Å². The highest BCUT2D eigenvalue weighted by Gasteiger charge is 2.04. The predicted octanol–water partition coefficient (Wildman–Crippen LogP) is 2.78. The Morgan fingerprint density at radius 1 is 1.33 bits per heavy atom. The Morgan fingerprint density at radius 3 is 2.60 bits per heavy atom. The third-order valence-corrected chi connectivity index (χ3v) is 2.28. The minimum absolute atomic E-state index is 0.240. The Labute approximate surface area is 87.9 Å². The van der Waals surface area contributed by atoms with Gasteiger partial charge in [-0.3, -0.25) is 0 Å². The van der Waals surface area contributed by atoms with Crippen LogP contribution in [-0.4, -0.2) is 5.16 Å². The first-order valence-corrected chi connectivity index (χ1v) is 4.79. The van der Waals surface area contributed by atoms with Gasteiger partial charge in [-0.15, -0.1) is 0 Å². The van der Waals surface area contributed by atoms with Crippen LogP contribution in [0.2, 0.25) is 0 Å². The van der Waals surface area contributed by atoms with E-state index in [1.165, 1.54) is 5.56 Å². The van der Waals surface area contributed by atoms with E-state index in [2.05, 4.69) is 24.2 Å². The zero-order chi connectivity index (χ0) is 10.7. The molecule has 0 radical (unpaired) electrons. The van der Waals surface area contributed by atoms with Crippen molar-refractivity contribution >= 4 is 0 Å². The topological polar surface area (TPSA) is 49.8 Å². The van der Waals surface area contributed by atoms with Gasteiger partial charge in [-0.2, -0.15) is 5.26 Å². The largest absolute Gasteiger partial charge is 0.345 e. The van der Waals surface area contributed by atoms with Crippen LogP contribution in [-0.2, 0) is 6.42 Å². The summed E-state index contributed by atoms with van der Waals surface area (Å²) in [6.45, 7) is 2.11. The lowest BCUT2D eigenvalue weighted by atomic mass is 10.1. The summed E-state index contributed by atoms with van der Waals surface area (Å²) in [5.74, 6) is 0.240. The average molecular weight is 198 g/mol. The zero-order valence-corrected chi connectivity index (χ0v) is 8.40. The Hall–Kier alpha value is -2.08. The van der Waals surface area contributed by atoms with Gasteiger partial charge in [0.1, 0.15) is 11.8 Å². The highest BCUT2D eigenvalue weighted by molar-refractivity contribution is 5.59. The highest BCUT2D eigenvalue weighted by atomic mass is 16.5. The monoisotopic (exact) mass is 198 g/mol. The standard InChI is InChI=1S/C12H10N2O/c1-2-9-3-5-10(6-4-9)12-7-11(8-13)15-14-12/h3-7H,2H2,1H3. The lowest BCUT2D eigenvalue weighted by Crippen LogP contribution is -1.80. The lowest BCUT2D eigenvalue weighted by Gasteiger charge is -1.97. The molecule has 0 unspecified atom stereocenters. The molecule has 2 rings (SSSR count). The highest BCUT2D eigenvalue weighted by Crippen LogP contribution is 2.19. The van der Waals surface area contributed by atoms with Crippen LogP contribution in [0.4, 0.5) is 0 Å². The molecule has 0 bridgehead atoms. The summed E-state index contributed by atoms with van der Waals surface area (Å²) in [4.78, 5) is 0. The summed E-state index contributed by atoms with van der Waals surface area (Å²) in [5, 5.41) is 12.4. The number of hydrogen-bond donors (Lipinski definition) is 0. The van der Waals surface area contributed by atoms with Gasteiger partial charge in [0, 0.05) is 11.6 Å². The number of rotatable bonds is 2. The smallest absolute Gasteiger partial charge is 0.236 e. The van der Waals surface area contributed by atoms with Gasteiger partial charge >= 0.3 is 0 Å². The Bertz CT molecular complexity index is 491. The molecule has 1 heterocycles. The fraction of sp³-hybridized carbons (Fsp3) is 0.167. The van der Waals surface area contributed by atoms with Crippen LogP contribution in [0.15, 0.2) is 34.9 Å². The molecule has 15 heavy (non-hydrogen) atoms. The number of nitriles is 1. The van der Waals surface area contributed by atoms with Gasteiger partial charge < -0.3 is 4.52 Å². The van der Waals surface area contributed by atoms with Crippen molar-refractivity contribution < 1.29 is 4.52 Å². The third-order valence-electron chi connectivity index (χ3n) is 2.28. The number of nitrogens with zero attached hydrogens (tertiary/aromatic N) is 2. The molecule has 0 N–H and O–H groups in total. The molecule has 0 aliphatic carbocycles. The van der Waals surface area contributed by atoms with Crippen LogP contribution in [0.25, 0.3) is 11.3 Å². The van der Waals surface area contributed by atoms with Crippen molar-refractivity contribution in [1.29, 1.82) is 5.26 Å². The van der Waals surface area contributed by atoms with E-state index >= 15 is 0 Å². The second kappa shape index (κ2) is 3.97. The number of aromatic nitrogens is 1. The van der Waals surface area contributed by atoms with Crippen molar-refractivity contribution in [1.82, 2.24) is 5.16 Å². The fourth-order valence-electron chi connectivity index (χ4n) is 1.38. The fourth-order valence-corrected chi connectivity index (χ4v) is 1.38. The van der Waals surface area contributed by atoms with Crippen molar-refractivity contribution in [3.63, 3.8) is 0 Å².